The fourth-order valence-electron chi connectivity index (χ4n) is 2.46. The predicted molar refractivity (Wildman–Crippen MR) is 103 cm³/mol. The van der Waals surface area contributed by atoms with E-state index in [1.54, 1.807) is 34.1 Å². The standard InChI is InChI=1S/C17H26N4O5S/c1-17(2,3)26-16(23)21-11-9-20(10-12-21)15(22)18-13-5-7-14(8-6-13)19-27(4,24)25/h5-8,19H,9-12H2,1-4H3,(H,18,22). The van der Waals surface area contributed by atoms with Gasteiger partial charge in [-0.15, -0.1) is 0 Å². The second-order valence-electron chi connectivity index (χ2n) is 7.34. The lowest BCUT2D eigenvalue weighted by Crippen LogP contribution is -2.52. The van der Waals surface area contributed by atoms with Gasteiger partial charge >= 0.3 is 12.1 Å². The van der Waals surface area contributed by atoms with E-state index in [9.17, 15) is 18.0 Å². The molecule has 9 nitrogen and oxygen atoms in total. The lowest BCUT2D eigenvalue weighted by molar-refractivity contribution is 0.0174. The van der Waals surface area contributed by atoms with Crippen LogP contribution in [-0.2, 0) is 14.8 Å². The van der Waals surface area contributed by atoms with Crippen LogP contribution in [0.1, 0.15) is 20.8 Å². The number of carbonyl (C=O) groups excluding carboxylic acids is 2. The zero-order valence-corrected chi connectivity index (χ0v) is 16.8. The molecular formula is C17H26N4O5S. The van der Waals surface area contributed by atoms with Crippen LogP contribution < -0.4 is 10.0 Å². The number of piperazine rings is 1. The SMILES string of the molecule is CC(C)(C)OC(=O)N1CCN(C(=O)Nc2ccc(NS(C)(=O)=O)cc2)CC1. The number of benzene rings is 1. The van der Waals surface area contributed by atoms with Crippen molar-refractivity contribution >= 4 is 33.5 Å². The Labute approximate surface area is 159 Å². The van der Waals surface area contributed by atoms with Gasteiger partial charge < -0.3 is 19.9 Å². The van der Waals surface area contributed by atoms with E-state index in [4.69, 9.17) is 4.74 Å². The van der Waals surface area contributed by atoms with E-state index < -0.39 is 15.6 Å². The molecular weight excluding hydrogens is 372 g/mol. The van der Waals surface area contributed by atoms with E-state index in [0.29, 0.717) is 37.6 Å². The van der Waals surface area contributed by atoms with Gasteiger partial charge in [-0.3, -0.25) is 4.72 Å². The van der Waals surface area contributed by atoms with Gasteiger partial charge in [-0.1, -0.05) is 0 Å². The third kappa shape index (κ3) is 6.97. The number of nitrogens with zero attached hydrogens (tertiary/aromatic N) is 2. The maximum Gasteiger partial charge on any atom is 0.410 e. The Kier molecular flexibility index (Phi) is 6.19. The number of hydrogen-bond donors (Lipinski definition) is 2. The van der Waals surface area contributed by atoms with Gasteiger partial charge in [0, 0.05) is 37.6 Å². The first kappa shape index (κ1) is 20.8. The first-order valence-electron chi connectivity index (χ1n) is 8.55. The highest BCUT2D eigenvalue weighted by atomic mass is 32.2. The maximum absolute atomic E-state index is 12.4. The minimum atomic E-state index is -3.34. The van der Waals surface area contributed by atoms with E-state index >= 15 is 0 Å². The summed E-state index contributed by atoms with van der Waals surface area (Å²) < 4.78 is 30.1. The van der Waals surface area contributed by atoms with Crippen molar-refractivity contribution in [2.24, 2.45) is 0 Å². The average molecular weight is 398 g/mol. The molecule has 10 heteroatoms. The molecule has 0 radical (unpaired) electrons. The molecule has 1 aliphatic rings. The number of anilines is 2. The van der Waals surface area contributed by atoms with Crippen LogP contribution in [0.2, 0.25) is 0 Å². The van der Waals surface area contributed by atoms with Crippen molar-refractivity contribution in [1.82, 2.24) is 9.80 Å². The largest absolute Gasteiger partial charge is 0.444 e. The molecule has 1 aliphatic heterocycles. The summed E-state index contributed by atoms with van der Waals surface area (Å²) in [6.07, 6.45) is 0.691. The molecule has 0 saturated carbocycles. The summed E-state index contributed by atoms with van der Waals surface area (Å²) >= 11 is 0. The van der Waals surface area contributed by atoms with Gasteiger partial charge in [0.2, 0.25) is 10.0 Å². The van der Waals surface area contributed by atoms with Crippen LogP contribution in [0.3, 0.4) is 0 Å². The number of nitrogens with one attached hydrogen (secondary N) is 2. The number of sulfonamides is 1. The van der Waals surface area contributed by atoms with Gasteiger partial charge in [0.05, 0.1) is 6.26 Å². The molecule has 1 aromatic rings. The second-order valence-corrected chi connectivity index (χ2v) is 9.08. The molecule has 1 fully saturated rings. The lowest BCUT2D eigenvalue weighted by atomic mass is 10.2. The first-order chi connectivity index (χ1) is 12.4. The molecule has 0 bridgehead atoms. The molecule has 0 aromatic heterocycles. The zero-order chi connectivity index (χ0) is 20.2. The first-order valence-corrected chi connectivity index (χ1v) is 10.4. The minimum Gasteiger partial charge on any atom is -0.444 e. The van der Waals surface area contributed by atoms with Gasteiger partial charge in [-0.2, -0.15) is 0 Å². The molecule has 1 saturated heterocycles. The highest BCUT2D eigenvalue weighted by Crippen LogP contribution is 2.16. The monoisotopic (exact) mass is 398 g/mol. The number of rotatable bonds is 3. The Hall–Kier alpha value is -2.49. The van der Waals surface area contributed by atoms with Crippen LogP contribution in [-0.4, -0.2) is 68.4 Å². The van der Waals surface area contributed by atoms with Crippen molar-refractivity contribution in [2.75, 3.05) is 42.5 Å². The van der Waals surface area contributed by atoms with Crippen LogP contribution in [0.25, 0.3) is 0 Å². The van der Waals surface area contributed by atoms with Crippen molar-refractivity contribution in [3.63, 3.8) is 0 Å². The molecule has 3 amide bonds. The summed E-state index contributed by atoms with van der Waals surface area (Å²) in [6, 6.07) is 6.08. The van der Waals surface area contributed by atoms with Crippen LogP contribution in [0.4, 0.5) is 21.0 Å². The van der Waals surface area contributed by atoms with Crippen LogP contribution >= 0.6 is 0 Å². The molecule has 1 aromatic carbocycles. The van der Waals surface area contributed by atoms with Crippen molar-refractivity contribution < 1.29 is 22.7 Å². The fraction of sp³-hybridized carbons (Fsp3) is 0.529. The lowest BCUT2D eigenvalue weighted by Gasteiger charge is -2.35. The van der Waals surface area contributed by atoms with Crippen molar-refractivity contribution in [3.8, 4) is 0 Å². The van der Waals surface area contributed by atoms with E-state index in [0.717, 1.165) is 6.26 Å². The van der Waals surface area contributed by atoms with Crippen LogP contribution in [0.15, 0.2) is 24.3 Å². The number of carbonyl (C=O) groups is 2. The van der Waals surface area contributed by atoms with E-state index in [1.807, 2.05) is 20.8 Å². The van der Waals surface area contributed by atoms with E-state index in [-0.39, 0.29) is 12.1 Å². The van der Waals surface area contributed by atoms with Crippen LogP contribution in [0.5, 0.6) is 0 Å². The highest BCUT2D eigenvalue weighted by molar-refractivity contribution is 7.92. The van der Waals surface area contributed by atoms with Crippen molar-refractivity contribution in [1.29, 1.82) is 0 Å². The van der Waals surface area contributed by atoms with Crippen LogP contribution in [0, 0.1) is 0 Å². The summed E-state index contributed by atoms with van der Waals surface area (Å²) in [5.41, 5.74) is 0.416. The number of amides is 3. The fourth-order valence-corrected chi connectivity index (χ4v) is 3.02. The molecule has 0 spiro atoms. The Morgan fingerprint density at radius 1 is 0.963 bits per heavy atom. The third-order valence-corrected chi connectivity index (χ3v) is 4.26. The summed E-state index contributed by atoms with van der Waals surface area (Å²) in [4.78, 5) is 27.6. The highest BCUT2D eigenvalue weighted by Gasteiger charge is 2.27. The minimum absolute atomic E-state index is 0.275. The van der Waals surface area contributed by atoms with Gasteiger partial charge in [0.1, 0.15) is 5.60 Å². The summed E-state index contributed by atoms with van der Waals surface area (Å²) in [6.45, 7) is 7.04. The Morgan fingerprint density at radius 2 is 1.44 bits per heavy atom. The van der Waals surface area contributed by atoms with Gasteiger partial charge in [-0.25, -0.2) is 18.0 Å². The summed E-state index contributed by atoms with van der Waals surface area (Å²) in [5.74, 6) is 0. The second kappa shape index (κ2) is 8.03. The number of hydrogen-bond acceptors (Lipinski definition) is 5. The number of ether oxygens (including phenoxy) is 1. The normalized spacial score (nSPS) is 15.3. The molecule has 27 heavy (non-hydrogen) atoms. The molecule has 0 atom stereocenters. The number of urea groups is 1. The molecule has 0 unspecified atom stereocenters. The maximum atomic E-state index is 12.4. The summed E-state index contributed by atoms with van der Waals surface area (Å²) in [5, 5.41) is 2.76. The molecule has 2 N–H and O–H groups in total. The molecule has 150 valence electrons. The van der Waals surface area contributed by atoms with Crippen molar-refractivity contribution in [2.45, 2.75) is 26.4 Å². The molecule has 1 heterocycles. The van der Waals surface area contributed by atoms with Gasteiger partial charge in [-0.05, 0) is 45.0 Å². The van der Waals surface area contributed by atoms with E-state index in [1.165, 1.54) is 0 Å². The van der Waals surface area contributed by atoms with Crippen molar-refractivity contribution in [3.05, 3.63) is 24.3 Å². The molecule has 0 aliphatic carbocycles. The molecule has 2 rings (SSSR count). The zero-order valence-electron chi connectivity index (χ0n) is 16.0. The topological polar surface area (TPSA) is 108 Å². The Balaban J connectivity index is 1.85. The Bertz CT molecular complexity index is 779. The Morgan fingerprint density at radius 3 is 1.93 bits per heavy atom. The summed E-state index contributed by atoms with van der Waals surface area (Å²) in [7, 11) is -3.34. The quantitative estimate of drug-likeness (QED) is 0.811. The van der Waals surface area contributed by atoms with Gasteiger partial charge in [0.15, 0.2) is 0 Å². The smallest absolute Gasteiger partial charge is 0.410 e. The van der Waals surface area contributed by atoms with E-state index in [2.05, 4.69) is 10.0 Å². The van der Waals surface area contributed by atoms with Gasteiger partial charge in [0.25, 0.3) is 0 Å². The predicted octanol–water partition coefficient (Wildman–Crippen LogP) is 2.14. The average Bonchev–Trinajstić information content (AvgIpc) is 2.54. The third-order valence-electron chi connectivity index (χ3n) is 3.66.